The Kier molecular flexibility index (Phi) is 1.97. The molecule has 0 bridgehead atoms. The van der Waals surface area contributed by atoms with Crippen molar-refractivity contribution in [3.63, 3.8) is 0 Å². The predicted octanol–water partition coefficient (Wildman–Crippen LogP) is 2.87. The fraction of sp³-hybridized carbons (Fsp3) is 0.400. The molecule has 64 valence electrons. The van der Waals surface area contributed by atoms with Crippen LogP contribution < -0.4 is 5.32 Å². The van der Waals surface area contributed by atoms with Crippen LogP contribution in [-0.4, -0.2) is 11.4 Å². The molecule has 1 nitrogen and oxygen atoms in total. The molecule has 12 heavy (non-hydrogen) atoms. The number of rotatable bonds is 3. The summed E-state index contributed by atoms with van der Waals surface area (Å²) < 4.78 is 0. The number of anilines is 1. The van der Waals surface area contributed by atoms with Crippen LogP contribution in [0.5, 0.6) is 0 Å². The molecule has 2 rings (SSSR count). The number of para-hydroxylation sites is 1. The van der Waals surface area contributed by atoms with Crippen LogP contribution in [0.25, 0.3) is 0 Å². The Labute approximate surface area is 77.7 Å². The van der Waals surface area contributed by atoms with Crippen molar-refractivity contribution >= 4 is 17.3 Å². The Bertz CT molecular complexity index is 254. The number of hydrogen-bond acceptors (Lipinski definition) is 1. The van der Waals surface area contributed by atoms with E-state index >= 15 is 0 Å². The van der Waals surface area contributed by atoms with Crippen LogP contribution in [-0.2, 0) is 0 Å². The van der Waals surface area contributed by atoms with Gasteiger partial charge in [0.25, 0.3) is 0 Å². The lowest BCUT2D eigenvalue weighted by atomic mass is 10.2. The second kappa shape index (κ2) is 2.98. The lowest BCUT2D eigenvalue weighted by molar-refractivity contribution is 0.838. The van der Waals surface area contributed by atoms with E-state index in [0.29, 0.717) is 5.88 Å². The van der Waals surface area contributed by atoms with E-state index in [9.17, 15) is 0 Å². The maximum atomic E-state index is 5.84. The van der Waals surface area contributed by atoms with E-state index in [2.05, 4.69) is 17.4 Å². The molecule has 0 heterocycles. The highest BCUT2D eigenvalue weighted by atomic mass is 35.5. The van der Waals surface area contributed by atoms with Crippen molar-refractivity contribution in [3.05, 3.63) is 30.3 Å². The summed E-state index contributed by atoms with van der Waals surface area (Å²) >= 11 is 5.84. The van der Waals surface area contributed by atoms with Gasteiger partial charge in [0.2, 0.25) is 0 Å². The second-order valence-electron chi connectivity index (χ2n) is 3.40. The molecule has 1 fully saturated rings. The quantitative estimate of drug-likeness (QED) is 0.708. The number of alkyl halides is 1. The van der Waals surface area contributed by atoms with Crippen molar-refractivity contribution in [3.8, 4) is 0 Å². The summed E-state index contributed by atoms with van der Waals surface area (Å²) in [5, 5.41) is 3.45. The third-order valence-electron chi connectivity index (χ3n) is 2.29. The van der Waals surface area contributed by atoms with Gasteiger partial charge < -0.3 is 5.32 Å². The standard InChI is InChI=1S/C10H12ClN/c11-8-10(6-7-10)12-9-4-2-1-3-5-9/h1-5,12H,6-8H2. The molecule has 1 aliphatic rings. The zero-order chi connectivity index (χ0) is 8.44. The maximum absolute atomic E-state index is 5.84. The van der Waals surface area contributed by atoms with Crippen LogP contribution in [0.1, 0.15) is 12.8 Å². The van der Waals surface area contributed by atoms with Crippen LogP contribution in [0.15, 0.2) is 30.3 Å². The third-order valence-corrected chi connectivity index (χ3v) is 2.80. The summed E-state index contributed by atoms with van der Waals surface area (Å²) in [6.07, 6.45) is 2.40. The first-order valence-electron chi connectivity index (χ1n) is 4.24. The minimum atomic E-state index is 0.211. The zero-order valence-electron chi connectivity index (χ0n) is 6.89. The number of hydrogen-bond donors (Lipinski definition) is 1. The normalized spacial score (nSPS) is 18.8. The smallest absolute Gasteiger partial charge is 0.0510 e. The Morgan fingerprint density at radius 3 is 2.42 bits per heavy atom. The van der Waals surface area contributed by atoms with Gasteiger partial charge in [0.15, 0.2) is 0 Å². The van der Waals surface area contributed by atoms with E-state index in [-0.39, 0.29) is 5.54 Å². The number of halogens is 1. The van der Waals surface area contributed by atoms with Crippen LogP contribution in [0.2, 0.25) is 0 Å². The van der Waals surface area contributed by atoms with Crippen molar-refractivity contribution in [2.75, 3.05) is 11.2 Å². The van der Waals surface area contributed by atoms with E-state index in [1.807, 2.05) is 18.2 Å². The summed E-state index contributed by atoms with van der Waals surface area (Å²) in [5.41, 5.74) is 1.39. The molecule has 0 saturated heterocycles. The molecule has 0 spiro atoms. The van der Waals surface area contributed by atoms with Gasteiger partial charge in [-0.2, -0.15) is 0 Å². The van der Waals surface area contributed by atoms with Gasteiger partial charge >= 0.3 is 0 Å². The lowest BCUT2D eigenvalue weighted by Crippen LogP contribution is -2.22. The van der Waals surface area contributed by atoms with Crippen molar-refractivity contribution in [2.45, 2.75) is 18.4 Å². The maximum Gasteiger partial charge on any atom is 0.0510 e. The third kappa shape index (κ3) is 1.56. The van der Waals surface area contributed by atoms with Crippen LogP contribution >= 0.6 is 11.6 Å². The van der Waals surface area contributed by atoms with Gasteiger partial charge in [-0.1, -0.05) is 18.2 Å². The van der Waals surface area contributed by atoms with Crippen molar-refractivity contribution in [2.24, 2.45) is 0 Å². The fourth-order valence-electron chi connectivity index (χ4n) is 1.27. The molecule has 1 saturated carbocycles. The SMILES string of the molecule is ClCC1(Nc2ccccc2)CC1. The first-order chi connectivity index (χ1) is 5.85. The Morgan fingerprint density at radius 1 is 1.25 bits per heavy atom. The molecule has 0 unspecified atom stereocenters. The molecular formula is C10H12ClN. The number of nitrogens with one attached hydrogen (secondary N) is 1. The molecule has 0 atom stereocenters. The first-order valence-corrected chi connectivity index (χ1v) is 4.77. The lowest BCUT2D eigenvalue weighted by Gasteiger charge is -2.14. The Balaban J connectivity index is 2.04. The van der Waals surface area contributed by atoms with E-state index in [1.165, 1.54) is 18.5 Å². The average molecular weight is 182 g/mol. The van der Waals surface area contributed by atoms with Crippen molar-refractivity contribution in [1.82, 2.24) is 0 Å². The summed E-state index contributed by atoms with van der Waals surface area (Å²) in [4.78, 5) is 0. The van der Waals surface area contributed by atoms with Crippen LogP contribution in [0, 0.1) is 0 Å². The molecular weight excluding hydrogens is 170 g/mol. The minimum Gasteiger partial charge on any atom is -0.378 e. The van der Waals surface area contributed by atoms with E-state index in [0.717, 1.165) is 0 Å². The molecule has 1 aliphatic carbocycles. The topological polar surface area (TPSA) is 12.0 Å². The predicted molar refractivity (Wildman–Crippen MR) is 52.7 cm³/mol. The molecule has 0 aliphatic heterocycles. The van der Waals surface area contributed by atoms with E-state index in [4.69, 9.17) is 11.6 Å². The Hall–Kier alpha value is -0.690. The fourth-order valence-corrected chi connectivity index (χ4v) is 1.60. The average Bonchev–Trinajstić information content (AvgIpc) is 2.88. The summed E-state index contributed by atoms with van der Waals surface area (Å²) in [7, 11) is 0. The number of benzene rings is 1. The van der Waals surface area contributed by atoms with Gasteiger partial charge in [0.05, 0.1) is 5.54 Å². The van der Waals surface area contributed by atoms with Gasteiger partial charge in [-0.05, 0) is 25.0 Å². The first kappa shape index (κ1) is 7.93. The molecule has 0 radical (unpaired) electrons. The van der Waals surface area contributed by atoms with Gasteiger partial charge in [0, 0.05) is 11.6 Å². The molecule has 0 amide bonds. The van der Waals surface area contributed by atoms with Gasteiger partial charge in [0.1, 0.15) is 0 Å². The van der Waals surface area contributed by atoms with Crippen LogP contribution in [0.3, 0.4) is 0 Å². The van der Waals surface area contributed by atoms with Crippen molar-refractivity contribution < 1.29 is 0 Å². The molecule has 1 aromatic rings. The highest BCUT2D eigenvalue weighted by Crippen LogP contribution is 2.39. The largest absolute Gasteiger partial charge is 0.378 e. The highest BCUT2D eigenvalue weighted by Gasteiger charge is 2.41. The molecule has 0 aromatic heterocycles. The summed E-state index contributed by atoms with van der Waals surface area (Å²) in [5.74, 6) is 0.710. The van der Waals surface area contributed by atoms with E-state index < -0.39 is 0 Å². The van der Waals surface area contributed by atoms with Gasteiger partial charge in [-0.3, -0.25) is 0 Å². The monoisotopic (exact) mass is 181 g/mol. The minimum absolute atomic E-state index is 0.211. The summed E-state index contributed by atoms with van der Waals surface area (Å²) in [6.45, 7) is 0. The van der Waals surface area contributed by atoms with E-state index in [1.54, 1.807) is 0 Å². The van der Waals surface area contributed by atoms with Gasteiger partial charge in [-0.25, -0.2) is 0 Å². The molecule has 2 heteroatoms. The summed E-state index contributed by atoms with van der Waals surface area (Å²) in [6, 6.07) is 10.2. The second-order valence-corrected chi connectivity index (χ2v) is 3.67. The van der Waals surface area contributed by atoms with Crippen LogP contribution in [0.4, 0.5) is 5.69 Å². The molecule has 1 aromatic carbocycles. The highest BCUT2D eigenvalue weighted by molar-refractivity contribution is 6.19. The molecule has 1 N–H and O–H groups in total. The Morgan fingerprint density at radius 2 is 1.92 bits per heavy atom. The zero-order valence-corrected chi connectivity index (χ0v) is 7.64. The van der Waals surface area contributed by atoms with Crippen molar-refractivity contribution in [1.29, 1.82) is 0 Å². The van der Waals surface area contributed by atoms with Gasteiger partial charge in [-0.15, -0.1) is 11.6 Å².